The van der Waals surface area contributed by atoms with Gasteiger partial charge in [-0.3, -0.25) is 4.79 Å². The molecule has 0 saturated carbocycles. The maximum absolute atomic E-state index is 10.9. The first-order chi connectivity index (χ1) is 6.81. The molecule has 0 aliphatic rings. The van der Waals surface area contributed by atoms with E-state index < -0.39 is 0 Å². The number of nitrogens with one attached hydrogen (secondary N) is 1. The zero-order valence-electron chi connectivity index (χ0n) is 9.47. The predicted octanol–water partition coefficient (Wildman–Crippen LogP) is 2.11. The van der Waals surface area contributed by atoms with E-state index in [-0.39, 0.29) is 5.97 Å². The molecule has 0 spiro atoms. The average Bonchev–Trinajstić information content (AvgIpc) is 2.17. The van der Waals surface area contributed by atoms with Gasteiger partial charge in [0, 0.05) is 6.42 Å². The van der Waals surface area contributed by atoms with Crippen molar-refractivity contribution in [3.63, 3.8) is 0 Å². The summed E-state index contributed by atoms with van der Waals surface area (Å²) in [7, 11) is 0. The van der Waals surface area contributed by atoms with Gasteiger partial charge in [-0.1, -0.05) is 13.3 Å². The molecule has 0 aromatic rings. The minimum absolute atomic E-state index is 0.0611. The Morgan fingerprint density at radius 3 is 2.57 bits per heavy atom. The number of carbonyl (C=O) groups is 1. The lowest BCUT2D eigenvalue weighted by Crippen LogP contribution is -2.15. The molecule has 0 saturated heterocycles. The number of unbranched alkanes of at least 4 members (excludes halogenated alkanes) is 2. The number of carbonyl (C=O) groups excluding carboxylic acids is 1. The van der Waals surface area contributed by atoms with Crippen molar-refractivity contribution in [2.75, 3.05) is 19.7 Å². The lowest BCUT2D eigenvalue weighted by Gasteiger charge is -2.03. The minimum atomic E-state index is -0.0611. The number of rotatable bonds is 9. The molecule has 0 aromatic carbocycles. The van der Waals surface area contributed by atoms with Crippen molar-refractivity contribution in [3.8, 4) is 0 Å². The summed E-state index contributed by atoms with van der Waals surface area (Å²) in [6.07, 6.45) is 4.96. The minimum Gasteiger partial charge on any atom is -0.466 e. The normalized spacial score (nSPS) is 10.1. The maximum Gasteiger partial charge on any atom is 0.305 e. The fourth-order valence-corrected chi connectivity index (χ4v) is 1.23. The molecule has 0 rings (SSSR count). The summed E-state index contributed by atoms with van der Waals surface area (Å²) in [4.78, 5) is 10.9. The molecule has 0 unspecified atom stereocenters. The Labute approximate surface area is 87.2 Å². The number of ether oxygens (including phenoxy) is 1. The quantitative estimate of drug-likeness (QED) is 0.458. The van der Waals surface area contributed by atoms with Gasteiger partial charge in [0.15, 0.2) is 0 Å². The zero-order valence-corrected chi connectivity index (χ0v) is 9.47. The molecule has 14 heavy (non-hydrogen) atoms. The van der Waals surface area contributed by atoms with E-state index in [0.29, 0.717) is 13.0 Å². The van der Waals surface area contributed by atoms with Gasteiger partial charge in [-0.05, 0) is 39.3 Å². The third-order valence-electron chi connectivity index (χ3n) is 1.97. The monoisotopic (exact) mass is 201 g/mol. The first kappa shape index (κ1) is 13.4. The molecule has 0 aliphatic heterocycles. The molecule has 0 heterocycles. The molecular formula is C11H23NO2. The van der Waals surface area contributed by atoms with E-state index in [2.05, 4.69) is 12.2 Å². The van der Waals surface area contributed by atoms with Crippen LogP contribution in [0.5, 0.6) is 0 Å². The van der Waals surface area contributed by atoms with Crippen molar-refractivity contribution in [2.24, 2.45) is 0 Å². The highest BCUT2D eigenvalue weighted by Crippen LogP contribution is 2.00. The van der Waals surface area contributed by atoms with Crippen LogP contribution in [-0.2, 0) is 9.53 Å². The van der Waals surface area contributed by atoms with Gasteiger partial charge in [0.1, 0.15) is 0 Å². The smallest absolute Gasteiger partial charge is 0.305 e. The van der Waals surface area contributed by atoms with E-state index in [1.807, 2.05) is 6.92 Å². The molecule has 0 bridgehead atoms. The Balaban J connectivity index is 3.01. The van der Waals surface area contributed by atoms with Gasteiger partial charge >= 0.3 is 5.97 Å². The maximum atomic E-state index is 10.9. The first-order valence-corrected chi connectivity index (χ1v) is 5.67. The highest BCUT2D eigenvalue weighted by molar-refractivity contribution is 5.69. The van der Waals surface area contributed by atoms with Crippen molar-refractivity contribution >= 4 is 5.97 Å². The van der Waals surface area contributed by atoms with Crippen LogP contribution in [0.2, 0.25) is 0 Å². The third-order valence-corrected chi connectivity index (χ3v) is 1.97. The Hall–Kier alpha value is -0.570. The lowest BCUT2D eigenvalue weighted by molar-refractivity contribution is -0.143. The fraction of sp³-hybridized carbons (Fsp3) is 0.909. The molecule has 0 amide bonds. The average molecular weight is 201 g/mol. The highest BCUT2D eigenvalue weighted by Gasteiger charge is 1.99. The Kier molecular flexibility index (Phi) is 10.1. The van der Waals surface area contributed by atoms with E-state index in [1.165, 1.54) is 6.42 Å². The van der Waals surface area contributed by atoms with Crippen LogP contribution >= 0.6 is 0 Å². The SMILES string of the molecule is CCCNCCCCCC(=O)OCC. The van der Waals surface area contributed by atoms with Gasteiger partial charge in [-0.25, -0.2) is 0 Å². The third kappa shape index (κ3) is 9.52. The molecule has 0 aliphatic carbocycles. The van der Waals surface area contributed by atoms with E-state index in [0.717, 1.165) is 32.4 Å². The molecule has 84 valence electrons. The Bertz CT molecular complexity index is 137. The van der Waals surface area contributed by atoms with Gasteiger partial charge in [0.25, 0.3) is 0 Å². The zero-order chi connectivity index (χ0) is 10.6. The summed E-state index contributed by atoms with van der Waals surface area (Å²) in [5.74, 6) is -0.0611. The van der Waals surface area contributed by atoms with Crippen molar-refractivity contribution < 1.29 is 9.53 Å². The number of hydrogen-bond donors (Lipinski definition) is 1. The largest absolute Gasteiger partial charge is 0.466 e. The summed E-state index contributed by atoms with van der Waals surface area (Å²) in [6, 6.07) is 0. The van der Waals surface area contributed by atoms with Crippen LogP contribution in [0, 0.1) is 0 Å². The molecule has 1 N–H and O–H groups in total. The Morgan fingerprint density at radius 1 is 1.14 bits per heavy atom. The van der Waals surface area contributed by atoms with E-state index >= 15 is 0 Å². The molecule has 3 nitrogen and oxygen atoms in total. The summed E-state index contributed by atoms with van der Waals surface area (Å²) >= 11 is 0. The summed E-state index contributed by atoms with van der Waals surface area (Å²) in [5, 5.41) is 3.33. The van der Waals surface area contributed by atoms with Crippen molar-refractivity contribution in [1.29, 1.82) is 0 Å². The van der Waals surface area contributed by atoms with E-state index in [9.17, 15) is 4.79 Å². The standard InChI is InChI=1S/C11H23NO2/c1-3-9-12-10-7-5-6-8-11(13)14-4-2/h12H,3-10H2,1-2H3. The molecule has 0 fully saturated rings. The van der Waals surface area contributed by atoms with Gasteiger partial charge in [-0.15, -0.1) is 0 Å². The van der Waals surface area contributed by atoms with Crippen LogP contribution in [0.25, 0.3) is 0 Å². The lowest BCUT2D eigenvalue weighted by atomic mass is 10.2. The van der Waals surface area contributed by atoms with Crippen molar-refractivity contribution in [2.45, 2.75) is 46.0 Å². The van der Waals surface area contributed by atoms with Gasteiger partial charge < -0.3 is 10.1 Å². The first-order valence-electron chi connectivity index (χ1n) is 5.67. The second-order valence-corrected chi connectivity index (χ2v) is 3.37. The van der Waals surface area contributed by atoms with Crippen LogP contribution in [-0.4, -0.2) is 25.7 Å². The summed E-state index contributed by atoms with van der Waals surface area (Å²) in [6.45, 7) is 6.66. The predicted molar refractivity (Wildman–Crippen MR) is 58.3 cm³/mol. The second-order valence-electron chi connectivity index (χ2n) is 3.37. The van der Waals surface area contributed by atoms with E-state index in [4.69, 9.17) is 4.74 Å². The second kappa shape index (κ2) is 10.5. The van der Waals surface area contributed by atoms with Crippen LogP contribution in [0.15, 0.2) is 0 Å². The van der Waals surface area contributed by atoms with Gasteiger partial charge in [0.05, 0.1) is 6.61 Å². The molecule has 0 radical (unpaired) electrons. The fourth-order valence-electron chi connectivity index (χ4n) is 1.23. The summed E-state index contributed by atoms with van der Waals surface area (Å²) < 4.78 is 4.83. The van der Waals surface area contributed by atoms with Crippen molar-refractivity contribution in [3.05, 3.63) is 0 Å². The van der Waals surface area contributed by atoms with Crippen LogP contribution in [0.4, 0.5) is 0 Å². The Morgan fingerprint density at radius 2 is 1.93 bits per heavy atom. The number of esters is 1. The van der Waals surface area contributed by atoms with Crippen LogP contribution < -0.4 is 5.32 Å². The van der Waals surface area contributed by atoms with E-state index in [1.54, 1.807) is 0 Å². The number of hydrogen-bond acceptors (Lipinski definition) is 3. The highest BCUT2D eigenvalue weighted by atomic mass is 16.5. The van der Waals surface area contributed by atoms with Crippen LogP contribution in [0.1, 0.15) is 46.0 Å². The molecule has 0 atom stereocenters. The molecule has 0 aromatic heterocycles. The summed E-state index contributed by atoms with van der Waals surface area (Å²) in [5.41, 5.74) is 0. The molecular weight excluding hydrogens is 178 g/mol. The topological polar surface area (TPSA) is 38.3 Å². The van der Waals surface area contributed by atoms with Crippen LogP contribution in [0.3, 0.4) is 0 Å². The van der Waals surface area contributed by atoms with Gasteiger partial charge in [-0.2, -0.15) is 0 Å². The molecule has 3 heteroatoms. The van der Waals surface area contributed by atoms with Crippen molar-refractivity contribution in [1.82, 2.24) is 5.32 Å². The van der Waals surface area contributed by atoms with Gasteiger partial charge in [0.2, 0.25) is 0 Å².